The lowest BCUT2D eigenvalue weighted by Crippen LogP contribution is -2.48. The molecule has 1 heterocycles. The number of nitrogens with one attached hydrogen (secondary N) is 1. The molecule has 3 nitrogen and oxygen atoms in total. The van der Waals surface area contributed by atoms with Gasteiger partial charge < -0.3 is 0 Å². The van der Waals surface area contributed by atoms with Gasteiger partial charge in [-0.15, -0.1) is 0 Å². The summed E-state index contributed by atoms with van der Waals surface area (Å²) in [5, 5.41) is 2.02. The van der Waals surface area contributed by atoms with Crippen molar-refractivity contribution < 1.29 is 14.0 Å². The Labute approximate surface area is 86.3 Å². The maximum Gasteiger partial charge on any atom is 0.268 e. The monoisotopic (exact) mass is 207 g/mol. The van der Waals surface area contributed by atoms with Crippen molar-refractivity contribution in [1.29, 1.82) is 0 Å². The summed E-state index contributed by atoms with van der Waals surface area (Å²) in [4.78, 5) is 22.3. The van der Waals surface area contributed by atoms with E-state index in [2.05, 4.69) is 0 Å². The molecule has 0 aliphatic carbocycles. The van der Waals surface area contributed by atoms with Crippen LogP contribution in [0.5, 0.6) is 0 Å². The van der Waals surface area contributed by atoms with Crippen LogP contribution in [-0.4, -0.2) is 11.8 Å². The quantitative estimate of drug-likeness (QED) is 0.705. The summed E-state index contributed by atoms with van der Waals surface area (Å²) in [5.41, 5.74) is -1.76. The minimum Gasteiger partial charge on any atom is -0.293 e. The third-order valence-electron chi connectivity index (χ3n) is 2.54. The second kappa shape index (κ2) is 3.46. The highest BCUT2D eigenvalue weighted by Crippen LogP contribution is 2.33. The highest BCUT2D eigenvalue weighted by molar-refractivity contribution is 6.02. The highest BCUT2D eigenvalue weighted by Gasteiger charge is 2.44. The first-order valence-electron chi connectivity index (χ1n) is 4.72. The summed E-state index contributed by atoms with van der Waals surface area (Å²) in [7, 11) is 0. The van der Waals surface area contributed by atoms with E-state index in [1.54, 1.807) is 30.3 Å². The lowest BCUT2D eigenvalue weighted by molar-refractivity contribution is -0.144. The average Bonchev–Trinajstić information content (AvgIpc) is 2.25. The molecule has 0 radical (unpaired) electrons. The fraction of sp³-hybridized carbons (Fsp3) is 0.273. The molecule has 1 fully saturated rings. The zero-order valence-corrected chi connectivity index (χ0v) is 8.00. The fourth-order valence-electron chi connectivity index (χ4n) is 1.67. The standard InChI is InChI=1S/C11H10FNO2/c12-11(8-4-2-1-3-5-8)7-6-9(14)13-10(11)15/h1-5H,6-7H2,(H,13,14,15). The molecule has 1 aliphatic heterocycles. The average molecular weight is 207 g/mol. The van der Waals surface area contributed by atoms with Crippen LogP contribution >= 0.6 is 0 Å². The zero-order valence-electron chi connectivity index (χ0n) is 8.00. The Kier molecular flexibility index (Phi) is 2.26. The summed E-state index contributed by atoms with van der Waals surface area (Å²) < 4.78 is 14.3. The van der Waals surface area contributed by atoms with Crippen LogP contribution in [0, 0.1) is 0 Å². The minimum absolute atomic E-state index is 0.0388. The van der Waals surface area contributed by atoms with Gasteiger partial charge in [0.05, 0.1) is 0 Å². The van der Waals surface area contributed by atoms with Gasteiger partial charge in [-0.3, -0.25) is 14.9 Å². The normalized spacial score (nSPS) is 26.2. The van der Waals surface area contributed by atoms with Crippen molar-refractivity contribution in [2.75, 3.05) is 0 Å². The van der Waals surface area contributed by atoms with Crippen molar-refractivity contribution in [2.45, 2.75) is 18.5 Å². The molecule has 0 aromatic heterocycles. The Morgan fingerprint density at radius 2 is 1.87 bits per heavy atom. The number of rotatable bonds is 1. The van der Waals surface area contributed by atoms with Gasteiger partial charge in [0.1, 0.15) is 0 Å². The van der Waals surface area contributed by atoms with Crippen molar-refractivity contribution in [2.24, 2.45) is 0 Å². The molecule has 0 bridgehead atoms. The number of amides is 2. The van der Waals surface area contributed by atoms with Crippen molar-refractivity contribution in [3.8, 4) is 0 Å². The van der Waals surface area contributed by atoms with Gasteiger partial charge in [0, 0.05) is 12.8 Å². The molecule has 2 rings (SSSR count). The van der Waals surface area contributed by atoms with Gasteiger partial charge in [-0.05, 0) is 5.56 Å². The minimum atomic E-state index is -2.06. The number of carbonyl (C=O) groups is 2. The van der Waals surface area contributed by atoms with Gasteiger partial charge in [0.2, 0.25) is 11.6 Å². The van der Waals surface area contributed by atoms with Crippen LogP contribution in [0.4, 0.5) is 4.39 Å². The molecular weight excluding hydrogens is 197 g/mol. The Morgan fingerprint density at radius 1 is 1.20 bits per heavy atom. The summed E-state index contributed by atoms with van der Waals surface area (Å²) >= 11 is 0. The van der Waals surface area contributed by atoms with Crippen molar-refractivity contribution in [3.05, 3.63) is 35.9 Å². The van der Waals surface area contributed by atoms with Gasteiger partial charge in [-0.25, -0.2) is 4.39 Å². The number of hydrogen-bond donors (Lipinski definition) is 1. The molecule has 1 saturated heterocycles. The van der Waals surface area contributed by atoms with E-state index in [-0.39, 0.29) is 12.8 Å². The van der Waals surface area contributed by atoms with E-state index in [1.807, 2.05) is 5.32 Å². The van der Waals surface area contributed by atoms with Crippen LogP contribution in [0.2, 0.25) is 0 Å². The second-order valence-corrected chi connectivity index (χ2v) is 3.54. The van der Waals surface area contributed by atoms with E-state index in [4.69, 9.17) is 0 Å². The van der Waals surface area contributed by atoms with Crippen LogP contribution < -0.4 is 5.32 Å². The maximum absolute atomic E-state index is 14.3. The number of benzene rings is 1. The number of hydrogen-bond acceptors (Lipinski definition) is 2. The Balaban J connectivity index is 2.35. The second-order valence-electron chi connectivity index (χ2n) is 3.54. The van der Waals surface area contributed by atoms with E-state index >= 15 is 0 Å². The molecule has 1 aliphatic rings. The molecular formula is C11H10FNO2. The summed E-state index contributed by atoms with van der Waals surface area (Å²) in [5.74, 6) is -1.27. The lowest BCUT2D eigenvalue weighted by Gasteiger charge is -2.27. The smallest absolute Gasteiger partial charge is 0.268 e. The Hall–Kier alpha value is -1.71. The number of carbonyl (C=O) groups excluding carboxylic acids is 2. The van der Waals surface area contributed by atoms with Gasteiger partial charge in [-0.1, -0.05) is 30.3 Å². The summed E-state index contributed by atoms with van der Waals surface area (Å²) in [6, 6.07) is 8.18. The van der Waals surface area contributed by atoms with Gasteiger partial charge >= 0.3 is 0 Å². The molecule has 1 unspecified atom stereocenters. The SMILES string of the molecule is O=C1CCC(F)(c2ccccc2)C(=O)N1. The van der Waals surface area contributed by atoms with Crippen LogP contribution in [0.1, 0.15) is 18.4 Å². The molecule has 0 saturated carbocycles. The van der Waals surface area contributed by atoms with Crippen molar-refractivity contribution in [1.82, 2.24) is 5.32 Å². The largest absolute Gasteiger partial charge is 0.293 e. The van der Waals surface area contributed by atoms with E-state index in [9.17, 15) is 14.0 Å². The van der Waals surface area contributed by atoms with Crippen LogP contribution in [0.15, 0.2) is 30.3 Å². The van der Waals surface area contributed by atoms with Gasteiger partial charge in [-0.2, -0.15) is 0 Å². The number of piperidine rings is 1. The first-order chi connectivity index (χ1) is 7.13. The van der Waals surface area contributed by atoms with Crippen molar-refractivity contribution in [3.63, 3.8) is 0 Å². The molecule has 0 spiro atoms. The Bertz CT molecular complexity index is 404. The fourth-order valence-corrected chi connectivity index (χ4v) is 1.67. The van der Waals surface area contributed by atoms with Crippen LogP contribution in [0.25, 0.3) is 0 Å². The summed E-state index contributed by atoms with van der Waals surface area (Å²) in [6.07, 6.45) is -0.0428. The number of halogens is 1. The molecule has 4 heteroatoms. The molecule has 15 heavy (non-hydrogen) atoms. The molecule has 1 aromatic rings. The van der Waals surface area contributed by atoms with E-state index in [0.717, 1.165) is 0 Å². The molecule has 2 amide bonds. The number of alkyl halides is 1. The zero-order chi connectivity index (χ0) is 10.9. The van der Waals surface area contributed by atoms with E-state index < -0.39 is 17.5 Å². The topological polar surface area (TPSA) is 46.2 Å². The Morgan fingerprint density at radius 3 is 2.47 bits per heavy atom. The van der Waals surface area contributed by atoms with Gasteiger partial charge in [0.25, 0.3) is 5.91 Å². The third-order valence-corrected chi connectivity index (χ3v) is 2.54. The highest BCUT2D eigenvalue weighted by atomic mass is 19.1. The third kappa shape index (κ3) is 1.63. The first kappa shape index (κ1) is 9.83. The predicted octanol–water partition coefficient (Wildman–Crippen LogP) is 1.29. The van der Waals surface area contributed by atoms with Crippen LogP contribution in [0.3, 0.4) is 0 Å². The van der Waals surface area contributed by atoms with E-state index in [0.29, 0.717) is 5.56 Å². The maximum atomic E-state index is 14.3. The van der Waals surface area contributed by atoms with E-state index in [1.165, 1.54) is 0 Å². The molecule has 78 valence electrons. The molecule has 1 N–H and O–H groups in total. The molecule has 1 aromatic carbocycles. The lowest BCUT2D eigenvalue weighted by atomic mass is 9.87. The van der Waals surface area contributed by atoms with Crippen LogP contribution in [-0.2, 0) is 15.3 Å². The van der Waals surface area contributed by atoms with Crippen molar-refractivity contribution >= 4 is 11.8 Å². The predicted molar refractivity (Wildman–Crippen MR) is 51.6 cm³/mol. The molecule has 1 atom stereocenters. The van der Waals surface area contributed by atoms with Gasteiger partial charge in [0.15, 0.2) is 0 Å². The summed E-state index contributed by atoms with van der Waals surface area (Å²) in [6.45, 7) is 0. The first-order valence-corrected chi connectivity index (χ1v) is 4.72. The number of imide groups is 1.